The second-order valence-corrected chi connectivity index (χ2v) is 7.00. The molecule has 1 rings (SSSR count). The summed E-state index contributed by atoms with van der Waals surface area (Å²) in [5.41, 5.74) is 6.08. The Kier molecular flexibility index (Phi) is 11.2. The Labute approximate surface area is 138 Å². The summed E-state index contributed by atoms with van der Waals surface area (Å²) in [7, 11) is 1.78. The van der Waals surface area contributed by atoms with E-state index in [-0.39, 0.29) is 12.1 Å². The van der Waals surface area contributed by atoms with Crippen LogP contribution in [0.25, 0.3) is 0 Å². The van der Waals surface area contributed by atoms with Crippen molar-refractivity contribution in [3.63, 3.8) is 0 Å². The highest BCUT2D eigenvalue weighted by molar-refractivity contribution is 4.85. The quantitative estimate of drug-likeness (QED) is 0.532. The summed E-state index contributed by atoms with van der Waals surface area (Å²) in [5, 5.41) is 0. The second kappa shape index (κ2) is 12.3. The average Bonchev–Trinajstić information content (AvgIpc) is 2.54. The molecule has 0 radical (unpaired) electrons. The molecule has 132 valence electrons. The van der Waals surface area contributed by atoms with E-state index in [0.717, 1.165) is 6.42 Å². The summed E-state index contributed by atoms with van der Waals surface area (Å²) in [6, 6.07) is 0.0436. The van der Waals surface area contributed by atoms with Gasteiger partial charge in [0, 0.05) is 13.5 Å². The van der Waals surface area contributed by atoms with E-state index in [1.54, 1.807) is 7.11 Å². The van der Waals surface area contributed by atoms with Crippen LogP contribution in [0.5, 0.6) is 0 Å². The number of nitrogens with two attached hydrogens (primary N) is 1. The summed E-state index contributed by atoms with van der Waals surface area (Å²) in [6.45, 7) is 5.21. The number of hydrogen-bond acceptors (Lipinski definition) is 3. The van der Waals surface area contributed by atoms with Gasteiger partial charge in [0.2, 0.25) is 0 Å². The molecule has 22 heavy (non-hydrogen) atoms. The van der Waals surface area contributed by atoms with E-state index in [4.69, 9.17) is 15.2 Å². The SMILES string of the molecule is CCCCCCC(CCCCCC)C1CC(OC)C(N)CO1. The van der Waals surface area contributed by atoms with Crippen LogP contribution in [0.15, 0.2) is 0 Å². The van der Waals surface area contributed by atoms with Gasteiger partial charge >= 0.3 is 0 Å². The van der Waals surface area contributed by atoms with Gasteiger partial charge < -0.3 is 15.2 Å². The standard InChI is InChI=1S/C19H39NO2/c1-4-6-8-10-12-16(13-11-9-7-5-2)18-14-19(21-3)17(20)15-22-18/h16-19H,4-15,20H2,1-3H3. The molecule has 3 heteroatoms. The van der Waals surface area contributed by atoms with E-state index in [1.807, 2.05) is 0 Å². The average molecular weight is 314 g/mol. The van der Waals surface area contributed by atoms with Crippen LogP contribution < -0.4 is 5.73 Å². The molecular formula is C19H39NO2. The monoisotopic (exact) mass is 313 g/mol. The van der Waals surface area contributed by atoms with Crippen molar-refractivity contribution in [3.8, 4) is 0 Å². The van der Waals surface area contributed by atoms with Gasteiger partial charge in [-0.25, -0.2) is 0 Å². The molecule has 1 saturated heterocycles. The minimum atomic E-state index is 0.0436. The van der Waals surface area contributed by atoms with Crippen molar-refractivity contribution in [2.75, 3.05) is 13.7 Å². The Morgan fingerprint density at radius 2 is 1.59 bits per heavy atom. The summed E-state index contributed by atoms with van der Waals surface area (Å²) >= 11 is 0. The molecule has 0 aliphatic carbocycles. The van der Waals surface area contributed by atoms with E-state index < -0.39 is 0 Å². The zero-order valence-corrected chi connectivity index (χ0v) is 15.2. The Bertz CT molecular complexity index is 248. The van der Waals surface area contributed by atoms with Crippen molar-refractivity contribution in [1.29, 1.82) is 0 Å². The van der Waals surface area contributed by atoms with Crippen molar-refractivity contribution >= 4 is 0 Å². The van der Waals surface area contributed by atoms with Gasteiger partial charge in [-0.05, 0) is 18.8 Å². The van der Waals surface area contributed by atoms with Crippen LogP contribution in [-0.2, 0) is 9.47 Å². The Morgan fingerprint density at radius 1 is 1.00 bits per heavy atom. The third kappa shape index (κ3) is 7.43. The maximum Gasteiger partial charge on any atom is 0.0769 e. The van der Waals surface area contributed by atoms with Gasteiger partial charge in [-0.1, -0.05) is 65.2 Å². The van der Waals surface area contributed by atoms with Crippen molar-refractivity contribution in [2.24, 2.45) is 11.7 Å². The molecule has 1 heterocycles. The predicted molar refractivity (Wildman–Crippen MR) is 94.1 cm³/mol. The van der Waals surface area contributed by atoms with Gasteiger partial charge in [-0.3, -0.25) is 0 Å². The molecule has 0 bridgehead atoms. The van der Waals surface area contributed by atoms with Gasteiger partial charge in [0.15, 0.2) is 0 Å². The highest BCUT2D eigenvalue weighted by Gasteiger charge is 2.33. The molecule has 0 aromatic carbocycles. The Balaban J connectivity index is 2.43. The Morgan fingerprint density at radius 3 is 2.09 bits per heavy atom. The summed E-state index contributed by atoms with van der Waals surface area (Å²) < 4.78 is 11.7. The first-order chi connectivity index (χ1) is 10.7. The molecule has 0 saturated carbocycles. The van der Waals surface area contributed by atoms with Crippen LogP contribution in [0.4, 0.5) is 0 Å². The zero-order chi connectivity index (χ0) is 16.2. The lowest BCUT2D eigenvalue weighted by atomic mass is 9.85. The van der Waals surface area contributed by atoms with Gasteiger partial charge in [0.05, 0.1) is 24.9 Å². The number of methoxy groups -OCH3 is 1. The molecule has 3 nitrogen and oxygen atoms in total. The van der Waals surface area contributed by atoms with Crippen LogP contribution in [0.1, 0.15) is 84.5 Å². The van der Waals surface area contributed by atoms with E-state index >= 15 is 0 Å². The van der Waals surface area contributed by atoms with E-state index in [1.165, 1.54) is 64.2 Å². The van der Waals surface area contributed by atoms with Crippen LogP contribution >= 0.6 is 0 Å². The molecule has 3 unspecified atom stereocenters. The summed E-state index contributed by atoms with van der Waals surface area (Å²) in [4.78, 5) is 0. The first-order valence-corrected chi connectivity index (χ1v) is 9.62. The smallest absolute Gasteiger partial charge is 0.0769 e. The number of unbranched alkanes of at least 4 members (excludes halogenated alkanes) is 6. The van der Waals surface area contributed by atoms with Crippen molar-refractivity contribution < 1.29 is 9.47 Å². The maximum absolute atomic E-state index is 6.09. The highest BCUT2D eigenvalue weighted by atomic mass is 16.5. The fourth-order valence-electron chi connectivity index (χ4n) is 3.60. The normalized spacial score (nSPS) is 25.8. The molecule has 2 N–H and O–H groups in total. The fourth-order valence-corrected chi connectivity index (χ4v) is 3.60. The zero-order valence-electron chi connectivity index (χ0n) is 15.2. The highest BCUT2D eigenvalue weighted by Crippen LogP contribution is 2.29. The predicted octanol–water partition coefficient (Wildman–Crippen LogP) is 4.67. The third-order valence-corrected chi connectivity index (χ3v) is 5.13. The second-order valence-electron chi connectivity index (χ2n) is 7.00. The third-order valence-electron chi connectivity index (χ3n) is 5.13. The molecule has 0 aromatic heterocycles. The molecule has 3 atom stereocenters. The lowest BCUT2D eigenvalue weighted by Gasteiger charge is -2.37. The van der Waals surface area contributed by atoms with Gasteiger partial charge in [0.1, 0.15) is 0 Å². The van der Waals surface area contributed by atoms with E-state index in [0.29, 0.717) is 18.6 Å². The Hall–Kier alpha value is -0.120. The van der Waals surface area contributed by atoms with Gasteiger partial charge in [0.25, 0.3) is 0 Å². The fraction of sp³-hybridized carbons (Fsp3) is 1.00. The van der Waals surface area contributed by atoms with Crippen LogP contribution in [0.3, 0.4) is 0 Å². The topological polar surface area (TPSA) is 44.5 Å². The molecule has 0 spiro atoms. The number of rotatable bonds is 12. The minimum Gasteiger partial charge on any atom is -0.380 e. The number of hydrogen-bond donors (Lipinski definition) is 1. The lowest BCUT2D eigenvalue weighted by molar-refractivity contribution is -0.0952. The minimum absolute atomic E-state index is 0.0436. The summed E-state index contributed by atoms with van der Waals surface area (Å²) in [5.74, 6) is 0.693. The molecule has 0 amide bonds. The largest absolute Gasteiger partial charge is 0.380 e. The van der Waals surface area contributed by atoms with Gasteiger partial charge in [-0.15, -0.1) is 0 Å². The van der Waals surface area contributed by atoms with E-state index in [2.05, 4.69) is 13.8 Å². The number of ether oxygens (including phenoxy) is 2. The molecule has 1 aliphatic heterocycles. The molecule has 1 fully saturated rings. The van der Waals surface area contributed by atoms with Crippen molar-refractivity contribution in [2.45, 2.75) is 103 Å². The van der Waals surface area contributed by atoms with Gasteiger partial charge in [-0.2, -0.15) is 0 Å². The van der Waals surface area contributed by atoms with Crippen molar-refractivity contribution in [3.05, 3.63) is 0 Å². The van der Waals surface area contributed by atoms with Crippen LogP contribution in [-0.4, -0.2) is 32.0 Å². The van der Waals surface area contributed by atoms with Crippen LogP contribution in [0, 0.1) is 5.92 Å². The first kappa shape index (κ1) is 19.9. The lowest BCUT2D eigenvalue weighted by Crippen LogP contribution is -2.49. The van der Waals surface area contributed by atoms with Crippen LogP contribution in [0.2, 0.25) is 0 Å². The maximum atomic E-state index is 6.09. The van der Waals surface area contributed by atoms with E-state index in [9.17, 15) is 0 Å². The summed E-state index contributed by atoms with van der Waals surface area (Å²) in [6.07, 6.45) is 14.9. The molecule has 1 aliphatic rings. The first-order valence-electron chi connectivity index (χ1n) is 9.62. The molecule has 0 aromatic rings. The molecular weight excluding hydrogens is 274 g/mol. The van der Waals surface area contributed by atoms with Crippen molar-refractivity contribution in [1.82, 2.24) is 0 Å².